The molecule has 0 aliphatic carbocycles. The van der Waals surface area contributed by atoms with Crippen LogP contribution < -0.4 is 5.32 Å². The number of halogens is 1. The van der Waals surface area contributed by atoms with Gasteiger partial charge in [0.05, 0.1) is 13.7 Å². The molecule has 0 aromatic heterocycles. The lowest BCUT2D eigenvalue weighted by Gasteiger charge is -2.10. The van der Waals surface area contributed by atoms with Crippen LogP contribution in [-0.2, 0) is 20.7 Å². The highest BCUT2D eigenvalue weighted by atomic mass is 19.1. The molecular formula is C16H18FNO3. The van der Waals surface area contributed by atoms with E-state index in [2.05, 4.69) is 21.9 Å². The van der Waals surface area contributed by atoms with Crippen LogP contribution in [0.5, 0.6) is 0 Å². The number of benzene rings is 1. The van der Waals surface area contributed by atoms with Crippen molar-refractivity contribution in [1.29, 1.82) is 0 Å². The largest absolute Gasteiger partial charge is 0.459 e. The number of hydrogen-bond donors (Lipinski definition) is 1. The topological polar surface area (TPSA) is 55.4 Å². The molecule has 5 heteroatoms. The summed E-state index contributed by atoms with van der Waals surface area (Å²) in [6.45, 7) is 2.02. The van der Waals surface area contributed by atoms with E-state index < -0.39 is 5.97 Å². The Kier molecular flexibility index (Phi) is 6.96. The van der Waals surface area contributed by atoms with Gasteiger partial charge < -0.3 is 10.1 Å². The zero-order valence-electron chi connectivity index (χ0n) is 12.1. The summed E-state index contributed by atoms with van der Waals surface area (Å²) in [4.78, 5) is 22.4. The number of ether oxygens (including phenoxy) is 1. The molecule has 0 heterocycles. The molecule has 0 fully saturated rings. The van der Waals surface area contributed by atoms with E-state index in [1.54, 1.807) is 6.07 Å². The lowest BCUT2D eigenvalue weighted by atomic mass is 9.98. The molecule has 1 N–H and O–H groups in total. The molecule has 0 aliphatic rings. The summed E-state index contributed by atoms with van der Waals surface area (Å²) in [5, 5.41) is 2.60. The number of nitrogens with one attached hydrogen (secondary N) is 1. The maximum Gasteiger partial charge on any atom is 0.384 e. The number of carbonyl (C=O) groups excluding carboxylic acids is 2. The van der Waals surface area contributed by atoms with Crippen LogP contribution in [0.4, 0.5) is 4.39 Å². The summed E-state index contributed by atoms with van der Waals surface area (Å²) in [5.74, 6) is 3.73. The Morgan fingerprint density at radius 2 is 2.19 bits per heavy atom. The highest BCUT2D eigenvalue weighted by molar-refractivity contribution is 5.88. The Hall–Kier alpha value is -2.35. The molecule has 4 nitrogen and oxygen atoms in total. The zero-order valence-corrected chi connectivity index (χ0v) is 12.1. The maximum absolute atomic E-state index is 13.0. The van der Waals surface area contributed by atoms with Crippen molar-refractivity contribution in [3.63, 3.8) is 0 Å². The number of methoxy groups -OCH3 is 1. The molecule has 1 atom stereocenters. The van der Waals surface area contributed by atoms with E-state index in [1.165, 1.54) is 19.2 Å². The molecule has 0 saturated carbocycles. The molecule has 1 aromatic rings. The minimum Gasteiger partial charge on any atom is -0.459 e. The molecule has 1 amide bonds. The van der Waals surface area contributed by atoms with E-state index in [0.29, 0.717) is 12.8 Å². The third kappa shape index (κ3) is 7.11. The summed E-state index contributed by atoms with van der Waals surface area (Å²) in [6, 6.07) is 6.34. The SMILES string of the molecule is COC(=O)C#CCNC(=O)CC(C)Cc1cccc(F)c1. The van der Waals surface area contributed by atoms with E-state index in [-0.39, 0.29) is 24.2 Å². The third-order valence-corrected chi connectivity index (χ3v) is 2.76. The van der Waals surface area contributed by atoms with Gasteiger partial charge in [-0.25, -0.2) is 9.18 Å². The number of rotatable bonds is 5. The van der Waals surface area contributed by atoms with Crippen molar-refractivity contribution in [2.24, 2.45) is 5.92 Å². The molecule has 1 rings (SSSR count). The lowest BCUT2D eigenvalue weighted by Crippen LogP contribution is -2.25. The van der Waals surface area contributed by atoms with Gasteiger partial charge in [0.15, 0.2) is 0 Å². The summed E-state index contributed by atoms with van der Waals surface area (Å²) in [5.41, 5.74) is 0.862. The van der Waals surface area contributed by atoms with Crippen LogP contribution >= 0.6 is 0 Å². The molecule has 21 heavy (non-hydrogen) atoms. The summed E-state index contributed by atoms with van der Waals surface area (Å²) < 4.78 is 17.4. The number of carbonyl (C=O) groups is 2. The van der Waals surface area contributed by atoms with E-state index in [9.17, 15) is 14.0 Å². The van der Waals surface area contributed by atoms with Crippen molar-refractivity contribution < 1.29 is 18.7 Å². The molecule has 0 radical (unpaired) electrons. The predicted molar refractivity (Wildman–Crippen MR) is 76.7 cm³/mol. The van der Waals surface area contributed by atoms with Crippen molar-refractivity contribution in [1.82, 2.24) is 5.32 Å². The molecule has 0 saturated heterocycles. The summed E-state index contributed by atoms with van der Waals surface area (Å²) in [7, 11) is 1.24. The fourth-order valence-corrected chi connectivity index (χ4v) is 1.84. The normalized spacial score (nSPS) is 11.0. The van der Waals surface area contributed by atoms with Crippen LogP contribution in [-0.4, -0.2) is 25.5 Å². The molecule has 1 aromatic carbocycles. The molecule has 0 bridgehead atoms. The third-order valence-electron chi connectivity index (χ3n) is 2.76. The van der Waals surface area contributed by atoms with Crippen molar-refractivity contribution in [3.8, 4) is 11.8 Å². The van der Waals surface area contributed by atoms with Crippen molar-refractivity contribution in [3.05, 3.63) is 35.6 Å². The van der Waals surface area contributed by atoms with E-state index >= 15 is 0 Å². The summed E-state index contributed by atoms with van der Waals surface area (Å²) in [6.07, 6.45) is 0.940. The maximum atomic E-state index is 13.0. The predicted octanol–water partition coefficient (Wildman–Crippen LogP) is 1.69. The van der Waals surface area contributed by atoms with Gasteiger partial charge in [-0.2, -0.15) is 0 Å². The van der Waals surface area contributed by atoms with Crippen LogP contribution in [0.2, 0.25) is 0 Å². The average Bonchev–Trinajstić information content (AvgIpc) is 2.43. The van der Waals surface area contributed by atoms with E-state index in [0.717, 1.165) is 5.56 Å². The van der Waals surface area contributed by atoms with E-state index in [4.69, 9.17) is 0 Å². The first kappa shape index (κ1) is 16.7. The Morgan fingerprint density at radius 3 is 2.86 bits per heavy atom. The van der Waals surface area contributed by atoms with Gasteiger partial charge in [-0.05, 0) is 30.0 Å². The number of amides is 1. The average molecular weight is 291 g/mol. The van der Waals surface area contributed by atoms with Crippen molar-refractivity contribution in [2.75, 3.05) is 13.7 Å². The van der Waals surface area contributed by atoms with Crippen LogP contribution in [0, 0.1) is 23.6 Å². The number of esters is 1. The first-order valence-electron chi connectivity index (χ1n) is 6.59. The Labute approximate surface area is 123 Å². The van der Waals surface area contributed by atoms with Gasteiger partial charge in [-0.3, -0.25) is 4.79 Å². The van der Waals surface area contributed by atoms with E-state index in [1.807, 2.05) is 13.0 Å². The molecular weight excluding hydrogens is 273 g/mol. The molecule has 0 spiro atoms. The highest BCUT2D eigenvalue weighted by Gasteiger charge is 2.09. The fraction of sp³-hybridized carbons (Fsp3) is 0.375. The van der Waals surface area contributed by atoms with Gasteiger partial charge in [-0.1, -0.05) is 25.0 Å². The second-order valence-corrected chi connectivity index (χ2v) is 4.71. The Morgan fingerprint density at radius 1 is 1.43 bits per heavy atom. The second kappa shape index (κ2) is 8.75. The molecule has 0 aliphatic heterocycles. The smallest absolute Gasteiger partial charge is 0.384 e. The first-order valence-corrected chi connectivity index (χ1v) is 6.59. The lowest BCUT2D eigenvalue weighted by molar-refractivity contribution is -0.133. The monoisotopic (exact) mass is 291 g/mol. The van der Waals surface area contributed by atoms with Gasteiger partial charge in [0.1, 0.15) is 5.82 Å². The van der Waals surface area contributed by atoms with Crippen LogP contribution in [0.15, 0.2) is 24.3 Å². The molecule has 112 valence electrons. The van der Waals surface area contributed by atoms with Gasteiger partial charge in [0.2, 0.25) is 5.91 Å². The molecule has 1 unspecified atom stereocenters. The number of hydrogen-bond acceptors (Lipinski definition) is 3. The highest BCUT2D eigenvalue weighted by Crippen LogP contribution is 2.12. The van der Waals surface area contributed by atoms with Gasteiger partial charge in [0.25, 0.3) is 0 Å². The van der Waals surface area contributed by atoms with Crippen LogP contribution in [0.3, 0.4) is 0 Å². The standard InChI is InChI=1S/C16H18FNO3/c1-12(9-13-5-3-6-14(17)11-13)10-15(19)18-8-4-7-16(20)21-2/h3,5-6,11-12H,8-10H2,1-2H3,(H,18,19). The van der Waals surface area contributed by atoms with Gasteiger partial charge >= 0.3 is 5.97 Å². The van der Waals surface area contributed by atoms with Gasteiger partial charge in [0, 0.05) is 12.3 Å². The van der Waals surface area contributed by atoms with Crippen LogP contribution in [0.1, 0.15) is 18.9 Å². The quantitative estimate of drug-likeness (QED) is 0.510. The second-order valence-electron chi connectivity index (χ2n) is 4.71. The van der Waals surface area contributed by atoms with Gasteiger partial charge in [-0.15, -0.1) is 0 Å². The summed E-state index contributed by atoms with van der Waals surface area (Å²) >= 11 is 0. The van der Waals surface area contributed by atoms with Crippen LogP contribution in [0.25, 0.3) is 0 Å². The Bertz CT molecular complexity index is 560. The Balaban J connectivity index is 2.33. The first-order chi connectivity index (χ1) is 10.0. The minimum absolute atomic E-state index is 0.0837. The minimum atomic E-state index is -0.635. The zero-order chi connectivity index (χ0) is 15.7. The van der Waals surface area contributed by atoms with Crippen molar-refractivity contribution in [2.45, 2.75) is 19.8 Å². The fourth-order valence-electron chi connectivity index (χ4n) is 1.84. The van der Waals surface area contributed by atoms with Crippen molar-refractivity contribution >= 4 is 11.9 Å².